The van der Waals surface area contributed by atoms with Crippen molar-refractivity contribution in [3.8, 4) is 0 Å². The fourth-order valence-corrected chi connectivity index (χ4v) is 2.79. The molecule has 0 saturated carbocycles. The molecular formula is C14H27FO. The highest BCUT2D eigenvalue weighted by Gasteiger charge is 2.43. The van der Waals surface area contributed by atoms with E-state index in [4.69, 9.17) is 4.74 Å². The number of halogens is 1. The minimum absolute atomic E-state index is 0.178. The monoisotopic (exact) mass is 230 g/mol. The first kappa shape index (κ1) is 14.0. The maximum Gasteiger partial charge on any atom is 0.116 e. The zero-order valence-corrected chi connectivity index (χ0v) is 11.6. The van der Waals surface area contributed by atoms with Crippen molar-refractivity contribution >= 4 is 0 Å². The summed E-state index contributed by atoms with van der Waals surface area (Å²) in [5, 5.41) is 0. The van der Waals surface area contributed by atoms with Gasteiger partial charge in [-0.15, -0.1) is 0 Å². The second kappa shape index (κ2) is 4.64. The Morgan fingerprint density at radius 1 is 1.00 bits per heavy atom. The smallest absolute Gasteiger partial charge is 0.116 e. The SMILES string of the molecule is CC(C)(C)C1CC(CF)OC[C@@H]1C(C)(C)C. The first-order chi connectivity index (χ1) is 7.16. The second-order valence-corrected chi connectivity index (χ2v) is 7.29. The van der Waals surface area contributed by atoms with Crippen molar-refractivity contribution in [1.82, 2.24) is 0 Å². The van der Waals surface area contributed by atoms with Gasteiger partial charge in [-0.3, -0.25) is 0 Å². The van der Waals surface area contributed by atoms with Crippen LogP contribution in [-0.4, -0.2) is 19.4 Å². The summed E-state index contributed by atoms with van der Waals surface area (Å²) in [4.78, 5) is 0. The Bertz CT molecular complexity index is 224. The molecule has 3 atom stereocenters. The van der Waals surface area contributed by atoms with Gasteiger partial charge in [0.2, 0.25) is 0 Å². The fraction of sp³-hybridized carbons (Fsp3) is 1.00. The van der Waals surface area contributed by atoms with E-state index in [1.54, 1.807) is 0 Å². The molecule has 0 aromatic carbocycles. The molecule has 0 N–H and O–H groups in total. The number of alkyl halides is 1. The quantitative estimate of drug-likeness (QED) is 0.660. The normalized spacial score (nSPS) is 32.8. The van der Waals surface area contributed by atoms with Crippen LogP contribution in [0.3, 0.4) is 0 Å². The minimum atomic E-state index is -0.344. The molecule has 1 rings (SSSR count). The van der Waals surface area contributed by atoms with Crippen molar-refractivity contribution in [2.75, 3.05) is 13.3 Å². The summed E-state index contributed by atoms with van der Waals surface area (Å²) in [5.74, 6) is 1.07. The molecule has 2 heteroatoms. The van der Waals surface area contributed by atoms with Crippen molar-refractivity contribution in [3.63, 3.8) is 0 Å². The number of hydrogen-bond acceptors (Lipinski definition) is 1. The molecule has 1 fully saturated rings. The summed E-state index contributed by atoms with van der Waals surface area (Å²) < 4.78 is 18.4. The van der Waals surface area contributed by atoms with Gasteiger partial charge < -0.3 is 4.74 Å². The predicted molar refractivity (Wildman–Crippen MR) is 66.2 cm³/mol. The molecule has 0 radical (unpaired) electrons. The average Bonchev–Trinajstić information content (AvgIpc) is 2.14. The average molecular weight is 230 g/mol. The summed E-state index contributed by atoms with van der Waals surface area (Å²) in [5.41, 5.74) is 0.467. The topological polar surface area (TPSA) is 9.23 Å². The third-order valence-electron chi connectivity index (χ3n) is 3.91. The van der Waals surface area contributed by atoms with Crippen LogP contribution in [0.4, 0.5) is 4.39 Å². The van der Waals surface area contributed by atoms with E-state index in [0.29, 0.717) is 18.4 Å². The highest BCUT2D eigenvalue weighted by atomic mass is 19.1. The number of hydrogen-bond donors (Lipinski definition) is 0. The molecule has 0 aliphatic carbocycles. The maximum atomic E-state index is 12.7. The van der Waals surface area contributed by atoms with Crippen molar-refractivity contribution in [2.24, 2.45) is 22.7 Å². The van der Waals surface area contributed by atoms with Gasteiger partial charge in [-0.1, -0.05) is 41.5 Å². The van der Waals surface area contributed by atoms with Gasteiger partial charge in [0.1, 0.15) is 6.67 Å². The van der Waals surface area contributed by atoms with Gasteiger partial charge in [-0.25, -0.2) is 4.39 Å². The molecule has 2 unspecified atom stereocenters. The Balaban J connectivity index is 2.85. The molecule has 0 amide bonds. The lowest BCUT2D eigenvalue weighted by atomic mass is 9.62. The molecule has 0 spiro atoms. The largest absolute Gasteiger partial charge is 0.375 e. The summed E-state index contributed by atoms with van der Waals surface area (Å²) >= 11 is 0. The van der Waals surface area contributed by atoms with E-state index in [9.17, 15) is 4.39 Å². The summed E-state index contributed by atoms with van der Waals surface area (Å²) in [6.07, 6.45) is 0.685. The van der Waals surface area contributed by atoms with Crippen LogP contribution in [-0.2, 0) is 4.74 Å². The molecular weight excluding hydrogens is 203 g/mol. The summed E-state index contributed by atoms with van der Waals surface area (Å²) in [6, 6.07) is 0. The van der Waals surface area contributed by atoms with Crippen molar-refractivity contribution in [2.45, 2.75) is 54.1 Å². The highest BCUT2D eigenvalue weighted by Crippen LogP contribution is 2.46. The van der Waals surface area contributed by atoms with E-state index < -0.39 is 0 Å². The van der Waals surface area contributed by atoms with E-state index in [0.717, 1.165) is 6.42 Å². The van der Waals surface area contributed by atoms with E-state index in [1.807, 2.05) is 0 Å². The first-order valence-corrected chi connectivity index (χ1v) is 6.34. The predicted octanol–water partition coefficient (Wildman–Crippen LogP) is 4.07. The Kier molecular flexibility index (Phi) is 4.04. The molecule has 0 aromatic rings. The van der Waals surface area contributed by atoms with Crippen LogP contribution < -0.4 is 0 Å². The van der Waals surface area contributed by atoms with E-state index >= 15 is 0 Å². The molecule has 0 bridgehead atoms. The Morgan fingerprint density at radius 2 is 1.50 bits per heavy atom. The van der Waals surface area contributed by atoms with Crippen molar-refractivity contribution in [1.29, 1.82) is 0 Å². The zero-order chi connectivity index (χ0) is 12.6. The highest BCUT2D eigenvalue weighted by molar-refractivity contribution is 4.91. The standard InChI is InChI=1S/C14H27FO/c1-13(2,3)11-7-10(8-15)16-9-12(11)14(4,5)6/h10-12H,7-9H2,1-6H3/t10?,11?,12-/m0/s1. The summed E-state index contributed by atoms with van der Waals surface area (Å²) in [7, 11) is 0. The van der Waals surface area contributed by atoms with Crippen LogP contribution >= 0.6 is 0 Å². The Labute approximate surface area is 99.8 Å². The zero-order valence-electron chi connectivity index (χ0n) is 11.6. The molecule has 1 aliphatic rings. The van der Waals surface area contributed by atoms with Crippen LogP contribution in [0.1, 0.15) is 48.0 Å². The van der Waals surface area contributed by atoms with Crippen LogP contribution in [0.5, 0.6) is 0 Å². The third-order valence-corrected chi connectivity index (χ3v) is 3.91. The number of rotatable bonds is 1. The molecule has 1 saturated heterocycles. The molecule has 1 aliphatic heterocycles. The first-order valence-electron chi connectivity index (χ1n) is 6.34. The van der Waals surface area contributed by atoms with Crippen LogP contribution in [0.2, 0.25) is 0 Å². The van der Waals surface area contributed by atoms with Crippen molar-refractivity contribution < 1.29 is 9.13 Å². The Morgan fingerprint density at radius 3 is 1.88 bits per heavy atom. The molecule has 1 heterocycles. The lowest BCUT2D eigenvalue weighted by Crippen LogP contribution is -2.46. The van der Waals surface area contributed by atoms with Gasteiger partial charge in [0.25, 0.3) is 0 Å². The van der Waals surface area contributed by atoms with E-state index in [2.05, 4.69) is 41.5 Å². The van der Waals surface area contributed by atoms with Gasteiger partial charge in [-0.2, -0.15) is 0 Å². The minimum Gasteiger partial charge on any atom is -0.375 e. The summed E-state index contributed by atoms with van der Waals surface area (Å²) in [6.45, 7) is 13.9. The molecule has 1 nitrogen and oxygen atoms in total. The Hall–Kier alpha value is -0.110. The third kappa shape index (κ3) is 3.19. The lowest BCUT2D eigenvalue weighted by Gasteiger charge is -2.48. The van der Waals surface area contributed by atoms with Crippen LogP contribution in [0.15, 0.2) is 0 Å². The van der Waals surface area contributed by atoms with Gasteiger partial charge in [-0.05, 0) is 29.1 Å². The van der Waals surface area contributed by atoms with Gasteiger partial charge in [0.15, 0.2) is 0 Å². The fourth-order valence-electron chi connectivity index (χ4n) is 2.79. The molecule has 16 heavy (non-hydrogen) atoms. The van der Waals surface area contributed by atoms with Crippen molar-refractivity contribution in [3.05, 3.63) is 0 Å². The van der Waals surface area contributed by atoms with E-state index in [1.165, 1.54) is 0 Å². The number of ether oxygens (including phenoxy) is 1. The molecule has 0 aromatic heterocycles. The van der Waals surface area contributed by atoms with Crippen LogP contribution in [0, 0.1) is 22.7 Å². The maximum absolute atomic E-state index is 12.7. The van der Waals surface area contributed by atoms with E-state index in [-0.39, 0.29) is 23.6 Å². The second-order valence-electron chi connectivity index (χ2n) is 7.29. The van der Waals surface area contributed by atoms with Gasteiger partial charge >= 0.3 is 0 Å². The van der Waals surface area contributed by atoms with Gasteiger partial charge in [0, 0.05) is 0 Å². The lowest BCUT2D eigenvalue weighted by molar-refractivity contribution is -0.113. The molecule has 96 valence electrons. The van der Waals surface area contributed by atoms with Crippen LogP contribution in [0.25, 0.3) is 0 Å². The van der Waals surface area contributed by atoms with Gasteiger partial charge in [0.05, 0.1) is 12.7 Å².